The Hall–Kier alpha value is -4.60. The Morgan fingerprint density at radius 2 is 1.63 bits per heavy atom. The Morgan fingerprint density at radius 3 is 2.24 bits per heavy atom. The van der Waals surface area contributed by atoms with E-state index in [0.29, 0.717) is 31.1 Å². The van der Waals surface area contributed by atoms with E-state index in [9.17, 15) is 28.5 Å². The zero-order valence-electron chi connectivity index (χ0n) is 29.2. The van der Waals surface area contributed by atoms with Crippen LogP contribution >= 0.6 is 8.03 Å². The van der Waals surface area contributed by atoms with Crippen LogP contribution in [0.15, 0.2) is 36.4 Å². The SMILES string of the molecule is CCCCOC(=O)N1CCN(C(=O)C(C[PH](=O)OC(OC(C)=O)OC(C)=O)NC(=O)c2cc(N3CCC(OC)C3)nc(-c3ccccc3)n2)CC1. The fourth-order valence-electron chi connectivity index (χ4n) is 5.38. The molecular weight excluding hydrogens is 687 g/mol. The van der Waals surface area contributed by atoms with Crippen molar-refractivity contribution in [3.05, 3.63) is 42.1 Å². The number of piperazine rings is 1. The molecule has 51 heavy (non-hydrogen) atoms. The first-order valence-electron chi connectivity index (χ1n) is 16.7. The van der Waals surface area contributed by atoms with Crippen LogP contribution in [-0.2, 0) is 42.4 Å². The van der Waals surface area contributed by atoms with Crippen molar-refractivity contribution in [2.45, 2.75) is 58.7 Å². The van der Waals surface area contributed by atoms with Gasteiger partial charge < -0.3 is 39.0 Å². The number of unbranched alkanes of at least 4 members (excludes halogenated alkanes) is 1. The molecule has 0 saturated carbocycles. The lowest BCUT2D eigenvalue weighted by molar-refractivity contribution is -0.231. The number of nitrogens with zero attached hydrogens (tertiary/aromatic N) is 5. The molecule has 2 fully saturated rings. The zero-order valence-corrected chi connectivity index (χ0v) is 30.2. The highest BCUT2D eigenvalue weighted by molar-refractivity contribution is 7.39. The summed E-state index contributed by atoms with van der Waals surface area (Å²) in [7, 11) is -1.68. The summed E-state index contributed by atoms with van der Waals surface area (Å²) in [6.07, 6.45) is 1.32. The first-order chi connectivity index (χ1) is 24.5. The van der Waals surface area contributed by atoms with Crippen LogP contribution in [0.5, 0.6) is 0 Å². The largest absolute Gasteiger partial charge is 0.449 e. The molecule has 3 amide bonds. The number of benzene rings is 1. The third kappa shape index (κ3) is 11.7. The lowest BCUT2D eigenvalue weighted by Crippen LogP contribution is -2.56. The van der Waals surface area contributed by atoms with Crippen LogP contribution in [0.2, 0.25) is 0 Å². The first-order valence-corrected chi connectivity index (χ1v) is 18.3. The highest BCUT2D eigenvalue weighted by atomic mass is 31.1. The Labute approximate surface area is 296 Å². The Kier molecular flexibility index (Phi) is 14.7. The minimum atomic E-state index is -3.31. The van der Waals surface area contributed by atoms with Gasteiger partial charge in [-0.3, -0.25) is 28.3 Å². The van der Waals surface area contributed by atoms with Gasteiger partial charge in [0.05, 0.1) is 18.9 Å². The van der Waals surface area contributed by atoms with Crippen molar-refractivity contribution in [3.63, 3.8) is 0 Å². The van der Waals surface area contributed by atoms with Gasteiger partial charge in [-0.05, 0) is 12.8 Å². The van der Waals surface area contributed by atoms with Crippen LogP contribution in [0.3, 0.4) is 0 Å². The summed E-state index contributed by atoms with van der Waals surface area (Å²) in [6, 6.07) is 9.19. The quantitative estimate of drug-likeness (QED) is 0.121. The number of amides is 3. The maximum absolute atomic E-state index is 13.9. The number of aromatic nitrogens is 2. The number of carbonyl (C=O) groups is 5. The number of hydrogen-bond donors (Lipinski definition) is 1. The molecule has 0 bridgehead atoms. The van der Waals surface area contributed by atoms with Gasteiger partial charge >= 0.3 is 24.5 Å². The molecule has 2 aromatic rings. The molecule has 1 aromatic heterocycles. The summed E-state index contributed by atoms with van der Waals surface area (Å²) in [5.41, 5.74) is 0.616. The highest BCUT2D eigenvalue weighted by Crippen LogP contribution is 2.29. The van der Waals surface area contributed by atoms with Gasteiger partial charge in [0, 0.05) is 71.9 Å². The fourth-order valence-corrected chi connectivity index (χ4v) is 6.40. The molecule has 2 aliphatic heterocycles. The summed E-state index contributed by atoms with van der Waals surface area (Å²) >= 11 is 0. The van der Waals surface area contributed by atoms with E-state index in [-0.39, 0.29) is 43.8 Å². The second-order valence-electron chi connectivity index (χ2n) is 11.9. The number of carbonyl (C=O) groups excluding carboxylic acids is 5. The number of hydrogen-bond acceptors (Lipinski definition) is 14. The van der Waals surface area contributed by atoms with Gasteiger partial charge in [-0.15, -0.1) is 0 Å². The average Bonchev–Trinajstić information content (AvgIpc) is 3.60. The van der Waals surface area contributed by atoms with E-state index in [1.165, 1.54) is 15.9 Å². The summed E-state index contributed by atoms with van der Waals surface area (Å²) in [5, 5.41) is 2.66. The van der Waals surface area contributed by atoms with Crippen molar-refractivity contribution in [1.29, 1.82) is 0 Å². The summed E-state index contributed by atoms with van der Waals surface area (Å²) in [5.74, 6) is -2.31. The minimum absolute atomic E-state index is 0.0153. The van der Waals surface area contributed by atoms with E-state index in [2.05, 4.69) is 10.3 Å². The normalized spacial score (nSPS) is 17.1. The van der Waals surface area contributed by atoms with Crippen LogP contribution in [0, 0.1) is 0 Å². The minimum Gasteiger partial charge on any atom is -0.449 e. The summed E-state index contributed by atoms with van der Waals surface area (Å²) < 4.78 is 38.9. The van der Waals surface area contributed by atoms with Crippen molar-refractivity contribution < 1.29 is 52.0 Å². The molecule has 1 N–H and O–H groups in total. The van der Waals surface area contributed by atoms with Crippen molar-refractivity contribution >= 4 is 43.7 Å². The van der Waals surface area contributed by atoms with Gasteiger partial charge in [-0.1, -0.05) is 43.7 Å². The first kappa shape index (κ1) is 39.2. The molecule has 0 radical (unpaired) electrons. The van der Waals surface area contributed by atoms with Crippen LogP contribution in [-0.4, -0.2) is 127 Å². The Balaban J connectivity index is 1.57. The molecule has 0 aliphatic carbocycles. The second kappa shape index (κ2) is 19.1. The monoisotopic (exact) mass is 732 g/mol. The van der Waals surface area contributed by atoms with Gasteiger partial charge in [0.2, 0.25) is 13.9 Å². The van der Waals surface area contributed by atoms with E-state index in [1.54, 1.807) is 19.2 Å². The second-order valence-corrected chi connectivity index (χ2v) is 13.3. The molecule has 18 heteroatoms. The van der Waals surface area contributed by atoms with Crippen LogP contribution < -0.4 is 10.2 Å². The number of nitrogens with one attached hydrogen (secondary N) is 1. The van der Waals surface area contributed by atoms with E-state index in [1.807, 2.05) is 30.0 Å². The molecule has 3 atom stereocenters. The molecule has 1 aromatic carbocycles. The fraction of sp³-hybridized carbons (Fsp3) is 0.545. The van der Waals surface area contributed by atoms with Crippen molar-refractivity contribution in [2.24, 2.45) is 0 Å². The third-order valence-electron chi connectivity index (χ3n) is 8.08. The number of esters is 2. The van der Waals surface area contributed by atoms with Crippen LogP contribution in [0.4, 0.5) is 10.6 Å². The molecule has 278 valence electrons. The third-order valence-corrected chi connectivity index (χ3v) is 9.28. The lowest BCUT2D eigenvalue weighted by atomic mass is 10.2. The Bertz CT molecular complexity index is 1540. The van der Waals surface area contributed by atoms with E-state index < -0.39 is 56.6 Å². The molecule has 2 saturated heterocycles. The van der Waals surface area contributed by atoms with Crippen molar-refractivity contribution in [2.75, 3.05) is 64.0 Å². The van der Waals surface area contributed by atoms with E-state index in [4.69, 9.17) is 28.5 Å². The molecule has 4 rings (SSSR count). The summed E-state index contributed by atoms with van der Waals surface area (Å²) in [4.78, 5) is 77.5. The van der Waals surface area contributed by atoms with Crippen LogP contribution in [0.1, 0.15) is 50.5 Å². The molecule has 17 nitrogen and oxygen atoms in total. The van der Waals surface area contributed by atoms with Gasteiger partial charge in [-0.25, -0.2) is 14.8 Å². The molecular formula is C33H45N6O11P. The topological polar surface area (TPSA) is 196 Å². The summed E-state index contributed by atoms with van der Waals surface area (Å²) in [6.45, 7) is 4.21. The van der Waals surface area contributed by atoms with E-state index >= 15 is 0 Å². The molecule has 0 spiro atoms. The van der Waals surface area contributed by atoms with Gasteiger partial charge in [0.15, 0.2) is 5.82 Å². The average molecular weight is 733 g/mol. The number of rotatable bonds is 15. The van der Waals surface area contributed by atoms with Crippen molar-refractivity contribution in [1.82, 2.24) is 25.1 Å². The maximum Gasteiger partial charge on any atom is 0.409 e. The van der Waals surface area contributed by atoms with Gasteiger partial charge in [0.25, 0.3) is 5.91 Å². The van der Waals surface area contributed by atoms with Crippen molar-refractivity contribution in [3.8, 4) is 11.4 Å². The molecule has 3 heterocycles. The lowest BCUT2D eigenvalue weighted by Gasteiger charge is -2.36. The van der Waals surface area contributed by atoms with Crippen LogP contribution in [0.25, 0.3) is 11.4 Å². The highest BCUT2D eigenvalue weighted by Gasteiger charge is 2.34. The number of ether oxygens (including phenoxy) is 4. The predicted molar refractivity (Wildman–Crippen MR) is 183 cm³/mol. The predicted octanol–water partition coefficient (Wildman–Crippen LogP) is 2.45. The molecule has 2 aliphatic rings. The van der Waals surface area contributed by atoms with Gasteiger partial charge in [-0.2, -0.15) is 0 Å². The number of methoxy groups -OCH3 is 1. The maximum atomic E-state index is 13.9. The van der Waals surface area contributed by atoms with Gasteiger partial charge in [0.1, 0.15) is 17.6 Å². The van der Waals surface area contributed by atoms with E-state index in [0.717, 1.165) is 33.1 Å². The smallest absolute Gasteiger partial charge is 0.409 e. The Morgan fingerprint density at radius 1 is 0.961 bits per heavy atom. The molecule has 3 unspecified atom stereocenters. The zero-order chi connectivity index (χ0) is 36.9. The standard InChI is InChI=1S/C33H45N6O11P/c1-5-6-18-47-32(44)38-16-14-37(15-17-38)31(43)27(21-51(45)50-33(48-22(2)40)49-23(3)41)35-30(42)26-19-28(39-13-12-25(20-39)46-4)36-29(34-26)24-10-8-7-9-11-24/h7-11,19,25,27,33,51H,5-6,12-18,20-21H2,1-4H3,(H,35,42). The number of anilines is 1.